The van der Waals surface area contributed by atoms with E-state index in [1.807, 2.05) is 0 Å². The molecule has 1 amide bonds. The molecule has 0 aliphatic carbocycles. The quantitative estimate of drug-likeness (QED) is 0.707. The molecule has 0 aromatic rings. The van der Waals surface area contributed by atoms with Crippen molar-refractivity contribution in [1.82, 2.24) is 0 Å². The van der Waals surface area contributed by atoms with E-state index in [0.717, 1.165) is 0 Å². The van der Waals surface area contributed by atoms with Crippen LogP contribution in [0.3, 0.4) is 0 Å². The maximum Gasteiger partial charge on any atom is 0.433 e. The van der Waals surface area contributed by atoms with E-state index in [1.165, 1.54) is 6.21 Å². The van der Waals surface area contributed by atoms with Gasteiger partial charge in [0.15, 0.2) is 0 Å². The third-order valence-corrected chi connectivity index (χ3v) is 1.08. The fourth-order valence-electron chi connectivity index (χ4n) is 0.615. The van der Waals surface area contributed by atoms with E-state index in [1.54, 1.807) is 20.8 Å². The maximum atomic E-state index is 10.9. The molecule has 0 fully saturated rings. The molecular weight excluding hydrogens is 186 g/mol. The summed E-state index contributed by atoms with van der Waals surface area (Å²) in [4.78, 5) is 24.5. The summed E-state index contributed by atoms with van der Waals surface area (Å²) < 4.78 is 4.86. The van der Waals surface area contributed by atoms with Crippen LogP contribution in [-0.4, -0.2) is 29.0 Å². The number of ether oxygens (including phenoxy) is 1. The van der Waals surface area contributed by atoms with E-state index < -0.39 is 17.7 Å². The Bertz CT molecular complexity index is 240. The molecule has 14 heavy (non-hydrogen) atoms. The summed E-state index contributed by atoms with van der Waals surface area (Å²) >= 11 is 0. The Hall–Kier alpha value is -1.39. The molecule has 0 aromatic heterocycles. The Labute approximate surface area is 82.8 Å². The summed E-state index contributed by atoms with van der Waals surface area (Å²) in [6, 6.07) is 0. The van der Waals surface area contributed by atoms with Crippen LogP contribution in [0.25, 0.3) is 0 Å². The molecule has 0 aromatic carbocycles. The van der Waals surface area contributed by atoms with Crippen molar-refractivity contribution in [2.75, 3.05) is 0 Å². The lowest BCUT2D eigenvalue weighted by Gasteiger charge is -2.16. The van der Waals surface area contributed by atoms with Crippen molar-refractivity contribution in [2.45, 2.75) is 39.2 Å². The van der Waals surface area contributed by atoms with E-state index in [9.17, 15) is 9.59 Å². The number of aliphatic imine (C=N–C) groups is 1. The molecule has 0 radical (unpaired) electrons. The molecule has 0 saturated carbocycles. The number of carboxylic acids is 1. The SMILES string of the molecule is CC(C)(C)OC(=O)N=CCCC(=O)O. The number of carboxylic acid groups (broad SMARTS) is 1. The minimum absolute atomic E-state index is 0.0354. The monoisotopic (exact) mass is 201 g/mol. The number of hydrogen-bond acceptors (Lipinski definition) is 3. The Morgan fingerprint density at radius 2 is 2.00 bits per heavy atom. The molecule has 1 N–H and O–H groups in total. The van der Waals surface area contributed by atoms with Crippen LogP contribution in [0, 0.1) is 0 Å². The van der Waals surface area contributed by atoms with E-state index in [0.29, 0.717) is 0 Å². The predicted octanol–water partition coefficient (Wildman–Crippen LogP) is 1.86. The summed E-state index contributed by atoms with van der Waals surface area (Å²) in [6.07, 6.45) is 0.756. The second kappa shape index (κ2) is 5.36. The highest BCUT2D eigenvalue weighted by molar-refractivity contribution is 5.81. The summed E-state index contributed by atoms with van der Waals surface area (Å²) in [5, 5.41) is 8.29. The minimum Gasteiger partial charge on any atom is -0.481 e. The molecule has 0 aliphatic heterocycles. The van der Waals surface area contributed by atoms with Gasteiger partial charge in [0.05, 0.1) is 6.42 Å². The van der Waals surface area contributed by atoms with E-state index in [-0.39, 0.29) is 12.8 Å². The Kier molecular flexibility index (Phi) is 4.83. The molecular formula is C9H15NO4. The van der Waals surface area contributed by atoms with Gasteiger partial charge >= 0.3 is 12.1 Å². The van der Waals surface area contributed by atoms with Crippen LogP contribution in [0.2, 0.25) is 0 Å². The van der Waals surface area contributed by atoms with Crippen LogP contribution < -0.4 is 0 Å². The molecule has 0 unspecified atom stereocenters. The first-order chi connectivity index (χ1) is 6.31. The minimum atomic E-state index is -0.916. The van der Waals surface area contributed by atoms with E-state index >= 15 is 0 Å². The van der Waals surface area contributed by atoms with Crippen LogP contribution in [0.15, 0.2) is 4.99 Å². The van der Waals surface area contributed by atoms with Crippen LogP contribution in [-0.2, 0) is 9.53 Å². The molecule has 0 aliphatic rings. The molecule has 0 rings (SSSR count). The van der Waals surface area contributed by atoms with Gasteiger partial charge in [-0.05, 0) is 27.2 Å². The topological polar surface area (TPSA) is 76.0 Å². The highest BCUT2D eigenvalue weighted by Gasteiger charge is 2.14. The van der Waals surface area contributed by atoms with Gasteiger partial charge in [0, 0.05) is 6.21 Å². The summed E-state index contributed by atoms with van der Waals surface area (Å²) in [6.45, 7) is 5.20. The highest BCUT2D eigenvalue weighted by Crippen LogP contribution is 2.07. The highest BCUT2D eigenvalue weighted by atomic mass is 16.6. The summed E-state index contributed by atoms with van der Waals surface area (Å²) in [7, 11) is 0. The largest absolute Gasteiger partial charge is 0.481 e. The average molecular weight is 201 g/mol. The Morgan fingerprint density at radius 3 is 2.43 bits per heavy atom. The van der Waals surface area contributed by atoms with Crippen LogP contribution in [0.5, 0.6) is 0 Å². The first-order valence-corrected chi connectivity index (χ1v) is 4.28. The van der Waals surface area contributed by atoms with Crippen molar-refractivity contribution in [3.63, 3.8) is 0 Å². The van der Waals surface area contributed by atoms with E-state index in [2.05, 4.69) is 4.99 Å². The molecule has 5 nitrogen and oxygen atoms in total. The molecule has 0 bridgehead atoms. The molecule has 80 valence electrons. The predicted molar refractivity (Wildman–Crippen MR) is 51.6 cm³/mol. The van der Waals surface area contributed by atoms with Crippen LogP contribution >= 0.6 is 0 Å². The molecule has 0 saturated heterocycles. The van der Waals surface area contributed by atoms with Crippen molar-refractivity contribution in [2.24, 2.45) is 4.99 Å². The molecule has 0 heterocycles. The second-order valence-electron chi connectivity index (χ2n) is 3.72. The number of rotatable bonds is 3. The van der Waals surface area contributed by atoms with Gasteiger partial charge in [-0.15, -0.1) is 0 Å². The third kappa shape index (κ3) is 8.70. The van der Waals surface area contributed by atoms with Crippen molar-refractivity contribution >= 4 is 18.3 Å². The van der Waals surface area contributed by atoms with E-state index in [4.69, 9.17) is 9.84 Å². The van der Waals surface area contributed by atoms with Gasteiger partial charge in [-0.25, -0.2) is 4.79 Å². The number of carbonyl (C=O) groups excluding carboxylic acids is 1. The summed E-state index contributed by atoms with van der Waals surface area (Å²) in [5.74, 6) is -0.916. The smallest absolute Gasteiger partial charge is 0.433 e. The Balaban J connectivity index is 3.78. The number of carbonyl (C=O) groups is 2. The third-order valence-electron chi connectivity index (χ3n) is 1.08. The Morgan fingerprint density at radius 1 is 1.43 bits per heavy atom. The van der Waals surface area contributed by atoms with Gasteiger partial charge in [-0.1, -0.05) is 0 Å². The zero-order valence-corrected chi connectivity index (χ0v) is 8.61. The fourth-order valence-corrected chi connectivity index (χ4v) is 0.615. The van der Waals surface area contributed by atoms with Crippen molar-refractivity contribution < 1.29 is 19.4 Å². The van der Waals surface area contributed by atoms with Gasteiger partial charge < -0.3 is 9.84 Å². The number of nitrogens with zero attached hydrogens (tertiary/aromatic N) is 1. The van der Waals surface area contributed by atoms with Crippen LogP contribution in [0.1, 0.15) is 33.6 Å². The lowest BCUT2D eigenvalue weighted by molar-refractivity contribution is -0.136. The standard InChI is InChI=1S/C9H15NO4/c1-9(2,3)14-8(13)10-6-4-5-7(11)12/h6H,4-5H2,1-3H3,(H,11,12). The first-order valence-electron chi connectivity index (χ1n) is 4.28. The van der Waals surface area contributed by atoms with Crippen LogP contribution in [0.4, 0.5) is 4.79 Å². The van der Waals surface area contributed by atoms with Gasteiger partial charge in [-0.2, -0.15) is 4.99 Å². The fraction of sp³-hybridized carbons (Fsp3) is 0.667. The molecule has 0 spiro atoms. The van der Waals surface area contributed by atoms with Gasteiger partial charge in [-0.3, -0.25) is 4.79 Å². The summed E-state index contributed by atoms with van der Waals surface area (Å²) in [5.41, 5.74) is -0.568. The number of amides is 1. The number of hydrogen-bond donors (Lipinski definition) is 1. The zero-order chi connectivity index (χ0) is 11.2. The molecule has 5 heteroatoms. The lowest BCUT2D eigenvalue weighted by atomic mass is 10.2. The van der Waals surface area contributed by atoms with Crippen molar-refractivity contribution in [3.05, 3.63) is 0 Å². The normalized spacial score (nSPS) is 11.6. The lowest BCUT2D eigenvalue weighted by Crippen LogP contribution is -2.21. The van der Waals surface area contributed by atoms with Gasteiger partial charge in [0.25, 0.3) is 0 Å². The van der Waals surface area contributed by atoms with Gasteiger partial charge in [0.1, 0.15) is 5.60 Å². The zero-order valence-electron chi connectivity index (χ0n) is 8.61. The van der Waals surface area contributed by atoms with Crippen molar-refractivity contribution in [3.8, 4) is 0 Å². The first kappa shape index (κ1) is 12.6. The molecule has 0 atom stereocenters. The maximum absolute atomic E-state index is 10.9. The van der Waals surface area contributed by atoms with Gasteiger partial charge in [0.2, 0.25) is 0 Å². The van der Waals surface area contributed by atoms with Crippen molar-refractivity contribution in [1.29, 1.82) is 0 Å². The second-order valence-corrected chi connectivity index (χ2v) is 3.72. The number of aliphatic carboxylic acids is 1. The average Bonchev–Trinajstić information content (AvgIpc) is 1.94.